The molecule has 0 radical (unpaired) electrons. The van der Waals surface area contributed by atoms with Crippen LogP contribution in [0, 0.1) is 11.7 Å². The van der Waals surface area contributed by atoms with E-state index in [0.29, 0.717) is 36.5 Å². The van der Waals surface area contributed by atoms with E-state index >= 15 is 0 Å². The number of hydrogen-bond donors (Lipinski definition) is 0. The molecular formula is C19H17ClFNO3. The summed E-state index contributed by atoms with van der Waals surface area (Å²) in [6, 6.07) is 12.2. The molecule has 0 bridgehead atoms. The highest BCUT2D eigenvalue weighted by atomic mass is 35.5. The highest BCUT2D eigenvalue weighted by molar-refractivity contribution is 6.30. The third-order valence-electron chi connectivity index (χ3n) is 4.22. The van der Waals surface area contributed by atoms with Crippen LogP contribution in [0.25, 0.3) is 0 Å². The fourth-order valence-corrected chi connectivity index (χ4v) is 2.95. The van der Waals surface area contributed by atoms with Crippen LogP contribution < -0.4 is 4.74 Å². The molecule has 0 spiro atoms. The Labute approximate surface area is 150 Å². The number of nitrogens with zero attached hydrogens (tertiary/aromatic N) is 1. The van der Waals surface area contributed by atoms with Crippen LogP contribution in [0.15, 0.2) is 48.5 Å². The van der Waals surface area contributed by atoms with Gasteiger partial charge in [0.2, 0.25) is 0 Å². The van der Waals surface area contributed by atoms with E-state index in [1.54, 1.807) is 35.2 Å². The Balaban J connectivity index is 1.55. The van der Waals surface area contributed by atoms with Crippen LogP contribution >= 0.6 is 11.6 Å². The van der Waals surface area contributed by atoms with E-state index in [-0.39, 0.29) is 23.5 Å². The fourth-order valence-electron chi connectivity index (χ4n) is 2.82. The summed E-state index contributed by atoms with van der Waals surface area (Å²) in [4.78, 5) is 26.4. The third kappa shape index (κ3) is 4.37. The molecule has 0 aromatic heterocycles. The summed E-state index contributed by atoms with van der Waals surface area (Å²) in [5, 5.41) is 0.579. The van der Waals surface area contributed by atoms with Gasteiger partial charge in [-0.2, -0.15) is 0 Å². The SMILES string of the molecule is O=C(Oc1cccc(F)c1)C1CCN(C(=O)c2ccc(Cl)cc2)CC1. The fraction of sp³-hybridized carbons (Fsp3) is 0.263. The summed E-state index contributed by atoms with van der Waals surface area (Å²) in [7, 11) is 0. The average molecular weight is 362 g/mol. The van der Waals surface area contributed by atoms with Crippen molar-refractivity contribution in [3.05, 3.63) is 64.9 Å². The molecule has 25 heavy (non-hydrogen) atoms. The number of esters is 1. The van der Waals surface area contributed by atoms with E-state index in [1.165, 1.54) is 18.2 Å². The van der Waals surface area contributed by atoms with E-state index in [1.807, 2.05) is 0 Å². The summed E-state index contributed by atoms with van der Waals surface area (Å²) in [6.45, 7) is 0.953. The van der Waals surface area contributed by atoms with E-state index in [2.05, 4.69) is 0 Å². The van der Waals surface area contributed by atoms with Crippen LogP contribution in [-0.2, 0) is 4.79 Å². The number of carbonyl (C=O) groups is 2. The number of carbonyl (C=O) groups excluding carboxylic acids is 2. The zero-order valence-corrected chi connectivity index (χ0v) is 14.2. The molecule has 0 atom stereocenters. The molecule has 2 aromatic carbocycles. The summed E-state index contributed by atoms with van der Waals surface area (Å²) < 4.78 is 18.4. The Morgan fingerprint density at radius 2 is 1.76 bits per heavy atom. The van der Waals surface area contributed by atoms with Crippen molar-refractivity contribution >= 4 is 23.5 Å². The minimum Gasteiger partial charge on any atom is -0.426 e. The van der Waals surface area contributed by atoms with Crippen LogP contribution in [0.4, 0.5) is 4.39 Å². The Hall–Kier alpha value is -2.40. The zero-order valence-electron chi connectivity index (χ0n) is 13.5. The third-order valence-corrected chi connectivity index (χ3v) is 4.47. The summed E-state index contributed by atoms with van der Waals surface area (Å²) in [5.74, 6) is -1.01. The topological polar surface area (TPSA) is 46.6 Å². The maximum Gasteiger partial charge on any atom is 0.314 e. The number of rotatable bonds is 3. The lowest BCUT2D eigenvalue weighted by Crippen LogP contribution is -2.41. The molecule has 0 unspecified atom stereocenters. The molecule has 1 fully saturated rings. The minimum atomic E-state index is -0.450. The average Bonchev–Trinajstić information content (AvgIpc) is 2.62. The standard InChI is InChI=1S/C19H17ClFNO3/c20-15-6-4-13(5-7-15)18(23)22-10-8-14(9-11-22)19(24)25-17-3-1-2-16(21)12-17/h1-7,12,14H,8-11H2. The van der Waals surface area contributed by atoms with Crippen LogP contribution in [0.5, 0.6) is 5.75 Å². The first kappa shape index (κ1) is 17.4. The van der Waals surface area contributed by atoms with Gasteiger partial charge in [0, 0.05) is 29.7 Å². The lowest BCUT2D eigenvalue weighted by Gasteiger charge is -2.31. The van der Waals surface area contributed by atoms with Gasteiger partial charge in [-0.25, -0.2) is 4.39 Å². The number of benzene rings is 2. The summed E-state index contributed by atoms with van der Waals surface area (Å²) in [5.41, 5.74) is 0.574. The van der Waals surface area contributed by atoms with Crippen LogP contribution in [0.1, 0.15) is 23.2 Å². The van der Waals surface area contributed by atoms with Gasteiger partial charge in [-0.15, -0.1) is 0 Å². The molecule has 130 valence electrons. The molecule has 1 heterocycles. The molecule has 1 aliphatic rings. The van der Waals surface area contributed by atoms with Gasteiger partial charge in [-0.1, -0.05) is 17.7 Å². The van der Waals surface area contributed by atoms with Gasteiger partial charge in [-0.05, 0) is 49.2 Å². The molecule has 4 nitrogen and oxygen atoms in total. The zero-order chi connectivity index (χ0) is 17.8. The first-order valence-corrected chi connectivity index (χ1v) is 8.43. The van der Waals surface area contributed by atoms with Crippen molar-refractivity contribution in [2.75, 3.05) is 13.1 Å². The van der Waals surface area contributed by atoms with Crippen molar-refractivity contribution in [2.24, 2.45) is 5.92 Å². The molecule has 0 saturated carbocycles. The lowest BCUT2D eigenvalue weighted by atomic mass is 9.96. The molecule has 3 rings (SSSR count). The molecule has 6 heteroatoms. The molecule has 1 saturated heterocycles. The first-order valence-electron chi connectivity index (χ1n) is 8.05. The predicted octanol–water partition coefficient (Wildman–Crippen LogP) is 3.94. The van der Waals surface area contributed by atoms with E-state index in [4.69, 9.17) is 16.3 Å². The van der Waals surface area contributed by atoms with Gasteiger partial charge in [0.05, 0.1) is 5.92 Å². The number of amides is 1. The number of likely N-dealkylation sites (tertiary alicyclic amines) is 1. The quantitative estimate of drug-likeness (QED) is 0.614. The smallest absolute Gasteiger partial charge is 0.314 e. The second-order valence-corrected chi connectivity index (χ2v) is 6.39. The number of halogens is 2. The van der Waals surface area contributed by atoms with Crippen molar-refractivity contribution in [3.63, 3.8) is 0 Å². The van der Waals surface area contributed by atoms with Gasteiger partial charge >= 0.3 is 5.97 Å². The van der Waals surface area contributed by atoms with E-state index in [9.17, 15) is 14.0 Å². The van der Waals surface area contributed by atoms with Crippen molar-refractivity contribution in [2.45, 2.75) is 12.8 Å². The normalized spacial score (nSPS) is 15.0. The van der Waals surface area contributed by atoms with Gasteiger partial charge in [0.1, 0.15) is 11.6 Å². The van der Waals surface area contributed by atoms with Crippen molar-refractivity contribution in [3.8, 4) is 5.75 Å². The van der Waals surface area contributed by atoms with Gasteiger partial charge < -0.3 is 9.64 Å². The molecule has 0 N–H and O–H groups in total. The molecular weight excluding hydrogens is 345 g/mol. The van der Waals surface area contributed by atoms with E-state index < -0.39 is 5.82 Å². The van der Waals surface area contributed by atoms with Crippen molar-refractivity contribution in [1.29, 1.82) is 0 Å². The Kier molecular flexibility index (Phi) is 5.34. The van der Waals surface area contributed by atoms with Gasteiger partial charge in [0.15, 0.2) is 0 Å². The summed E-state index contributed by atoms with van der Waals surface area (Å²) in [6.07, 6.45) is 1.04. The maximum atomic E-state index is 13.1. The largest absolute Gasteiger partial charge is 0.426 e. The predicted molar refractivity (Wildman–Crippen MR) is 92.1 cm³/mol. The second-order valence-electron chi connectivity index (χ2n) is 5.95. The Bertz CT molecular complexity index is 770. The molecule has 2 aromatic rings. The van der Waals surface area contributed by atoms with E-state index in [0.717, 1.165) is 0 Å². The Morgan fingerprint density at radius 3 is 2.40 bits per heavy atom. The number of hydrogen-bond acceptors (Lipinski definition) is 3. The number of piperidine rings is 1. The highest BCUT2D eigenvalue weighted by Gasteiger charge is 2.29. The molecule has 0 aliphatic carbocycles. The van der Waals surface area contributed by atoms with Gasteiger partial charge in [-0.3, -0.25) is 9.59 Å². The highest BCUT2D eigenvalue weighted by Crippen LogP contribution is 2.22. The van der Waals surface area contributed by atoms with Crippen LogP contribution in [-0.4, -0.2) is 29.9 Å². The van der Waals surface area contributed by atoms with Gasteiger partial charge in [0.25, 0.3) is 5.91 Å². The van der Waals surface area contributed by atoms with Crippen LogP contribution in [0.3, 0.4) is 0 Å². The van der Waals surface area contributed by atoms with Crippen molar-refractivity contribution in [1.82, 2.24) is 4.90 Å². The van der Waals surface area contributed by atoms with Crippen LogP contribution in [0.2, 0.25) is 5.02 Å². The molecule has 1 aliphatic heterocycles. The molecule has 1 amide bonds. The summed E-state index contributed by atoms with van der Waals surface area (Å²) >= 11 is 5.83. The second kappa shape index (κ2) is 7.66. The maximum absolute atomic E-state index is 13.1. The monoisotopic (exact) mass is 361 g/mol. The lowest BCUT2D eigenvalue weighted by molar-refractivity contribution is -0.140. The van der Waals surface area contributed by atoms with Crippen molar-refractivity contribution < 1.29 is 18.7 Å². The Morgan fingerprint density at radius 1 is 1.08 bits per heavy atom. The first-order chi connectivity index (χ1) is 12.0. The minimum absolute atomic E-state index is 0.0754. The number of ether oxygens (including phenoxy) is 1.